The van der Waals surface area contributed by atoms with E-state index in [1.165, 1.54) is 22.9 Å². The molecule has 2 aromatic heterocycles. The molecule has 1 N–H and O–H groups in total. The van der Waals surface area contributed by atoms with Crippen LogP contribution in [0.2, 0.25) is 0 Å². The molecule has 0 aliphatic carbocycles. The van der Waals surface area contributed by atoms with Gasteiger partial charge in [0.1, 0.15) is 5.69 Å². The number of para-hydroxylation sites is 1. The van der Waals surface area contributed by atoms with Gasteiger partial charge in [-0.05, 0) is 24.3 Å². The van der Waals surface area contributed by atoms with Gasteiger partial charge in [-0.3, -0.25) is 4.98 Å². The van der Waals surface area contributed by atoms with Crippen molar-refractivity contribution in [2.24, 2.45) is 0 Å². The summed E-state index contributed by atoms with van der Waals surface area (Å²) in [5, 5.41) is 7.79. The van der Waals surface area contributed by atoms with E-state index in [9.17, 15) is 8.78 Å². The molecule has 0 unspecified atom stereocenters. The predicted molar refractivity (Wildman–Crippen MR) is 82.1 cm³/mol. The lowest BCUT2D eigenvalue weighted by molar-refractivity contribution is 0.548. The molecule has 0 spiro atoms. The first-order chi connectivity index (χ1) is 11.3. The third kappa shape index (κ3) is 2.31. The second kappa shape index (κ2) is 5.55. The molecule has 0 radical (unpaired) electrons. The van der Waals surface area contributed by atoms with Crippen molar-refractivity contribution < 1.29 is 8.78 Å². The van der Waals surface area contributed by atoms with Crippen LogP contribution in [0.15, 0.2) is 42.7 Å². The van der Waals surface area contributed by atoms with Crippen LogP contribution in [0, 0.1) is 11.6 Å². The molecule has 1 aliphatic heterocycles. The maximum atomic E-state index is 14.2. The van der Waals surface area contributed by atoms with Gasteiger partial charge in [-0.15, -0.1) is 0 Å². The van der Waals surface area contributed by atoms with Gasteiger partial charge in [0.2, 0.25) is 0 Å². The Hall–Kier alpha value is -2.60. The van der Waals surface area contributed by atoms with Crippen LogP contribution >= 0.6 is 0 Å². The van der Waals surface area contributed by atoms with Gasteiger partial charge in [0, 0.05) is 43.0 Å². The van der Waals surface area contributed by atoms with E-state index in [1.54, 1.807) is 12.4 Å². The normalized spacial score (nSPS) is 13.8. The van der Waals surface area contributed by atoms with Gasteiger partial charge in [0.15, 0.2) is 11.6 Å². The SMILES string of the molecule is Fc1cccc(F)c1-n1nc(-c2cccnc2)c2c1CCNC2. The molecule has 4 rings (SSSR count). The van der Waals surface area contributed by atoms with Crippen LogP contribution < -0.4 is 5.32 Å². The topological polar surface area (TPSA) is 42.7 Å². The van der Waals surface area contributed by atoms with E-state index in [4.69, 9.17) is 0 Å². The molecule has 1 aromatic carbocycles. The fourth-order valence-electron chi connectivity index (χ4n) is 2.96. The van der Waals surface area contributed by atoms with E-state index in [0.717, 1.165) is 23.4 Å². The minimum absolute atomic E-state index is 0.124. The highest BCUT2D eigenvalue weighted by Gasteiger charge is 2.25. The maximum absolute atomic E-state index is 14.2. The van der Waals surface area contributed by atoms with E-state index in [0.29, 0.717) is 18.7 Å². The second-order valence-electron chi connectivity index (χ2n) is 5.42. The number of nitrogens with one attached hydrogen (secondary N) is 1. The predicted octanol–water partition coefficient (Wildman–Crippen LogP) is 2.86. The maximum Gasteiger partial charge on any atom is 0.151 e. The molecule has 4 nitrogen and oxygen atoms in total. The number of nitrogens with zero attached hydrogens (tertiary/aromatic N) is 3. The molecule has 0 bridgehead atoms. The summed E-state index contributed by atoms with van der Waals surface area (Å²) in [6, 6.07) is 7.56. The molecule has 1 aliphatic rings. The van der Waals surface area contributed by atoms with Crippen LogP contribution in [0.4, 0.5) is 8.78 Å². The van der Waals surface area contributed by atoms with E-state index < -0.39 is 11.6 Å². The average Bonchev–Trinajstić information content (AvgIpc) is 2.95. The van der Waals surface area contributed by atoms with Crippen molar-refractivity contribution in [2.45, 2.75) is 13.0 Å². The van der Waals surface area contributed by atoms with Gasteiger partial charge >= 0.3 is 0 Å². The van der Waals surface area contributed by atoms with Crippen molar-refractivity contribution in [3.8, 4) is 16.9 Å². The first-order valence-corrected chi connectivity index (χ1v) is 7.42. The van der Waals surface area contributed by atoms with Crippen LogP contribution in [0.5, 0.6) is 0 Å². The molecule has 0 saturated heterocycles. The minimum Gasteiger partial charge on any atom is -0.312 e. The third-order valence-electron chi connectivity index (χ3n) is 4.01. The van der Waals surface area contributed by atoms with Crippen molar-refractivity contribution in [1.29, 1.82) is 0 Å². The number of aromatic nitrogens is 3. The average molecular weight is 312 g/mol. The standard InChI is InChI=1S/C17H14F2N4/c18-13-4-1-5-14(19)17(13)23-15-6-8-21-10-12(15)16(22-23)11-3-2-7-20-9-11/h1-5,7,9,21H,6,8,10H2. The van der Waals surface area contributed by atoms with Crippen LogP contribution in [0.3, 0.4) is 0 Å². The number of halogens is 2. The van der Waals surface area contributed by atoms with Crippen molar-refractivity contribution in [3.63, 3.8) is 0 Å². The second-order valence-corrected chi connectivity index (χ2v) is 5.42. The molecular formula is C17H14F2N4. The summed E-state index contributed by atoms with van der Waals surface area (Å²) in [4.78, 5) is 4.11. The number of pyridine rings is 1. The van der Waals surface area contributed by atoms with Crippen LogP contribution in [-0.4, -0.2) is 21.3 Å². The molecule has 0 saturated carbocycles. The van der Waals surface area contributed by atoms with Gasteiger partial charge in [-0.2, -0.15) is 5.10 Å². The summed E-state index contributed by atoms with van der Waals surface area (Å²) >= 11 is 0. The van der Waals surface area contributed by atoms with E-state index in [1.807, 2.05) is 12.1 Å². The molecule has 0 fully saturated rings. The quantitative estimate of drug-likeness (QED) is 0.791. The number of hydrogen-bond acceptors (Lipinski definition) is 3. The minimum atomic E-state index is -0.619. The molecular weight excluding hydrogens is 298 g/mol. The van der Waals surface area contributed by atoms with Crippen LogP contribution in [-0.2, 0) is 13.0 Å². The third-order valence-corrected chi connectivity index (χ3v) is 4.01. The monoisotopic (exact) mass is 312 g/mol. The number of rotatable bonds is 2. The Morgan fingerprint density at radius 1 is 1.09 bits per heavy atom. The highest BCUT2D eigenvalue weighted by molar-refractivity contribution is 5.64. The van der Waals surface area contributed by atoms with Crippen LogP contribution in [0.25, 0.3) is 16.9 Å². The molecule has 3 aromatic rings. The molecule has 0 atom stereocenters. The Balaban J connectivity index is 1.97. The van der Waals surface area contributed by atoms with Crippen molar-refractivity contribution in [3.05, 3.63) is 65.6 Å². The van der Waals surface area contributed by atoms with Gasteiger partial charge in [0.25, 0.3) is 0 Å². The fourth-order valence-corrected chi connectivity index (χ4v) is 2.96. The summed E-state index contributed by atoms with van der Waals surface area (Å²) in [6.07, 6.45) is 4.05. The van der Waals surface area contributed by atoms with Crippen molar-refractivity contribution >= 4 is 0 Å². The zero-order valence-electron chi connectivity index (χ0n) is 12.3. The molecule has 23 heavy (non-hydrogen) atoms. The summed E-state index contributed by atoms with van der Waals surface area (Å²) in [6.45, 7) is 1.37. The van der Waals surface area contributed by atoms with E-state index in [-0.39, 0.29) is 5.69 Å². The lowest BCUT2D eigenvalue weighted by Gasteiger charge is -2.16. The van der Waals surface area contributed by atoms with E-state index in [2.05, 4.69) is 15.4 Å². The number of fused-ring (bicyclic) bond motifs is 1. The Kier molecular flexibility index (Phi) is 3.38. The van der Waals surface area contributed by atoms with E-state index >= 15 is 0 Å². The largest absolute Gasteiger partial charge is 0.312 e. The van der Waals surface area contributed by atoms with Crippen LogP contribution in [0.1, 0.15) is 11.3 Å². The van der Waals surface area contributed by atoms with Crippen molar-refractivity contribution in [1.82, 2.24) is 20.1 Å². The van der Waals surface area contributed by atoms with Crippen molar-refractivity contribution in [2.75, 3.05) is 6.54 Å². The molecule has 0 amide bonds. The Morgan fingerprint density at radius 2 is 1.91 bits per heavy atom. The summed E-state index contributed by atoms with van der Waals surface area (Å²) in [5.74, 6) is -1.24. The van der Waals surface area contributed by atoms with Gasteiger partial charge in [-0.25, -0.2) is 13.5 Å². The smallest absolute Gasteiger partial charge is 0.151 e. The first-order valence-electron chi connectivity index (χ1n) is 7.42. The summed E-state index contributed by atoms with van der Waals surface area (Å²) in [5.41, 5.74) is 3.23. The van der Waals surface area contributed by atoms with Gasteiger partial charge in [-0.1, -0.05) is 6.07 Å². The van der Waals surface area contributed by atoms with Gasteiger partial charge in [0.05, 0.1) is 11.4 Å². The highest BCUT2D eigenvalue weighted by atomic mass is 19.1. The summed E-state index contributed by atoms with van der Waals surface area (Å²) < 4.78 is 29.8. The summed E-state index contributed by atoms with van der Waals surface area (Å²) in [7, 11) is 0. The lowest BCUT2D eigenvalue weighted by Crippen LogP contribution is -2.25. The molecule has 116 valence electrons. The zero-order chi connectivity index (χ0) is 15.8. The zero-order valence-corrected chi connectivity index (χ0v) is 12.3. The Morgan fingerprint density at radius 3 is 2.65 bits per heavy atom. The molecule has 3 heterocycles. The number of benzene rings is 1. The molecule has 6 heteroatoms. The van der Waals surface area contributed by atoms with Gasteiger partial charge < -0.3 is 5.32 Å². The highest BCUT2D eigenvalue weighted by Crippen LogP contribution is 2.30. The Labute approximate surface area is 131 Å². The Bertz CT molecular complexity index is 838. The fraction of sp³-hybridized carbons (Fsp3) is 0.176. The first kappa shape index (κ1) is 14.0. The number of hydrogen-bond donors (Lipinski definition) is 1. The lowest BCUT2D eigenvalue weighted by atomic mass is 10.0.